The van der Waals surface area contributed by atoms with Crippen molar-refractivity contribution in [3.63, 3.8) is 0 Å². The van der Waals surface area contributed by atoms with Crippen molar-refractivity contribution in [2.75, 3.05) is 26.2 Å². The van der Waals surface area contributed by atoms with Crippen molar-refractivity contribution in [2.24, 2.45) is 5.73 Å². The Hall–Kier alpha value is -3.74. The largest absolute Gasteiger partial charge is 0.351 e. The second kappa shape index (κ2) is 13.5. The molecule has 37 heavy (non-hydrogen) atoms. The maximum Gasteiger partial charge on any atom is 0.244 e. The van der Waals surface area contributed by atoms with Gasteiger partial charge in [0.05, 0.1) is 6.04 Å². The Bertz CT molecular complexity index is 1110. The standard InChI is InChI=1S/C31H36N4O2/c32-20-18-29-31(37)35(23-28(25-12-6-2-7-13-25)26-14-8-3-9-15-26)21-19-27(34-29)22-33-30(36)17-16-24-10-4-1-5-11-24/h1-17,27-29,34H,18-23,32H2,(H,33,36)/b17-16+/t27-,29-/m0/s1. The summed E-state index contributed by atoms with van der Waals surface area (Å²) in [5.41, 5.74) is 9.21. The Labute approximate surface area is 219 Å². The lowest BCUT2D eigenvalue weighted by Gasteiger charge is -2.29. The molecule has 4 rings (SSSR count). The lowest BCUT2D eigenvalue weighted by Crippen LogP contribution is -2.49. The first-order chi connectivity index (χ1) is 18.1. The molecule has 0 unspecified atom stereocenters. The molecule has 2 amide bonds. The molecule has 0 aliphatic carbocycles. The number of nitrogens with two attached hydrogens (primary N) is 1. The Morgan fingerprint density at radius 2 is 1.57 bits per heavy atom. The summed E-state index contributed by atoms with van der Waals surface area (Å²) >= 11 is 0. The third kappa shape index (κ3) is 7.62. The summed E-state index contributed by atoms with van der Waals surface area (Å²) in [5, 5.41) is 6.45. The number of carbonyl (C=O) groups excluding carboxylic acids is 2. The third-order valence-electron chi connectivity index (χ3n) is 6.81. The molecule has 1 heterocycles. The second-order valence-electron chi connectivity index (χ2n) is 9.43. The predicted octanol–water partition coefficient (Wildman–Crippen LogP) is 3.56. The number of amides is 2. The molecule has 0 radical (unpaired) electrons. The van der Waals surface area contributed by atoms with Crippen molar-refractivity contribution >= 4 is 17.9 Å². The van der Waals surface area contributed by atoms with Crippen molar-refractivity contribution in [3.8, 4) is 0 Å². The first-order valence-electron chi connectivity index (χ1n) is 13.0. The van der Waals surface area contributed by atoms with Gasteiger partial charge in [0.15, 0.2) is 0 Å². The molecule has 1 saturated heterocycles. The highest BCUT2D eigenvalue weighted by Gasteiger charge is 2.32. The summed E-state index contributed by atoms with van der Waals surface area (Å²) in [7, 11) is 0. The molecule has 6 heteroatoms. The number of nitrogens with one attached hydrogen (secondary N) is 2. The van der Waals surface area contributed by atoms with Crippen LogP contribution in [0.4, 0.5) is 0 Å². The SMILES string of the molecule is NCC[C@@H]1N[C@H](CNC(=O)/C=C/c2ccccc2)CCN(CC(c2ccccc2)c2ccccc2)C1=O. The van der Waals surface area contributed by atoms with Crippen molar-refractivity contribution in [1.82, 2.24) is 15.5 Å². The topological polar surface area (TPSA) is 87.5 Å². The molecule has 1 fully saturated rings. The van der Waals surface area contributed by atoms with Crippen LogP contribution in [0.25, 0.3) is 6.08 Å². The van der Waals surface area contributed by atoms with Gasteiger partial charge in [-0.1, -0.05) is 91.0 Å². The molecule has 192 valence electrons. The molecule has 2 atom stereocenters. The van der Waals surface area contributed by atoms with Crippen molar-refractivity contribution in [2.45, 2.75) is 30.8 Å². The second-order valence-corrected chi connectivity index (χ2v) is 9.43. The van der Waals surface area contributed by atoms with Gasteiger partial charge in [0.2, 0.25) is 11.8 Å². The number of hydrogen-bond acceptors (Lipinski definition) is 4. The van der Waals surface area contributed by atoms with Crippen LogP contribution in [0.5, 0.6) is 0 Å². The lowest BCUT2D eigenvalue weighted by atomic mass is 9.90. The van der Waals surface area contributed by atoms with E-state index in [1.807, 2.05) is 71.6 Å². The van der Waals surface area contributed by atoms with E-state index >= 15 is 0 Å². The van der Waals surface area contributed by atoms with Crippen LogP contribution >= 0.6 is 0 Å². The van der Waals surface area contributed by atoms with E-state index in [4.69, 9.17) is 5.73 Å². The van der Waals surface area contributed by atoms with E-state index in [2.05, 4.69) is 34.9 Å². The molecule has 1 aliphatic rings. The minimum Gasteiger partial charge on any atom is -0.351 e. The van der Waals surface area contributed by atoms with Gasteiger partial charge in [0.25, 0.3) is 0 Å². The monoisotopic (exact) mass is 496 g/mol. The Balaban J connectivity index is 1.43. The average molecular weight is 497 g/mol. The van der Waals surface area contributed by atoms with E-state index in [1.165, 1.54) is 11.1 Å². The predicted molar refractivity (Wildman–Crippen MR) is 149 cm³/mol. The van der Waals surface area contributed by atoms with Gasteiger partial charge in [-0.25, -0.2) is 0 Å². The van der Waals surface area contributed by atoms with Crippen LogP contribution in [0.15, 0.2) is 97.1 Å². The molecule has 1 aliphatic heterocycles. The maximum absolute atomic E-state index is 13.6. The molecule has 0 spiro atoms. The normalized spacial score (nSPS) is 18.2. The zero-order chi connectivity index (χ0) is 25.9. The molecule has 0 saturated carbocycles. The minimum absolute atomic E-state index is 0.0218. The van der Waals surface area contributed by atoms with Gasteiger partial charge < -0.3 is 21.3 Å². The first kappa shape index (κ1) is 26.3. The lowest BCUT2D eigenvalue weighted by molar-refractivity contribution is -0.133. The maximum atomic E-state index is 13.6. The molecule has 4 N–H and O–H groups in total. The summed E-state index contributed by atoms with van der Waals surface area (Å²) in [5.74, 6) is -0.00829. The van der Waals surface area contributed by atoms with Gasteiger partial charge in [0, 0.05) is 37.7 Å². The molecule has 6 nitrogen and oxygen atoms in total. The number of rotatable bonds is 10. The molecule has 0 bridgehead atoms. The fraction of sp³-hybridized carbons (Fsp3) is 0.290. The molecule has 3 aromatic rings. The zero-order valence-corrected chi connectivity index (χ0v) is 21.1. The smallest absolute Gasteiger partial charge is 0.244 e. The fourth-order valence-corrected chi connectivity index (χ4v) is 4.81. The van der Waals surface area contributed by atoms with E-state index in [-0.39, 0.29) is 29.8 Å². The Kier molecular flexibility index (Phi) is 9.63. The quantitative estimate of drug-likeness (QED) is 0.375. The van der Waals surface area contributed by atoms with Crippen molar-refractivity contribution < 1.29 is 9.59 Å². The van der Waals surface area contributed by atoms with Gasteiger partial charge in [-0.3, -0.25) is 9.59 Å². The number of nitrogens with zero attached hydrogens (tertiary/aromatic N) is 1. The Morgan fingerprint density at radius 1 is 0.973 bits per heavy atom. The van der Waals surface area contributed by atoms with Crippen molar-refractivity contribution in [3.05, 3.63) is 114 Å². The van der Waals surface area contributed by atoms with Crippen molar-refractivity contribution in [1.29, 1.82) is 0 Å². The van der Waals surface area contributed by atoms with E-state index in [1.54, 1.807) is 12.2 Å². The van der Waals surface area contributed by atoms with Crippen LogP contribution < -0.4 is 16.4 Å². The first-order valence-corrected chi connectivity index (χ1v) is 13.0. The van der Waals surface area contributed by atoms with Gasteiger partial charge in [-0.15, -0.1) is 0 Å². The van der Waals surface area contributed by atoms with Gasteiger partial charge in [0.1, 0.15) is 0 Å². The van der Waals surface area contributed by atoms with Gasteiger partial charge in [-0.05, 0) is 42.2 Å². The van der Waals surface area contributed by atoms with E-state index in [0.717, 1.165) is 12.0 Å². The summed E-state index contributed by atoms with van der Waals surface area (Å²) in [6.07, 6.45) is 4.64. The van der Waals surface area contributed by atoms with E-state index < -0.39 is 0 Å². The third-order valence-corrected chi connectivity index (χ3v) is 6.81. The molecule has 0 aromatic heterocycles. The summed E-state index contributed by atoms with van der Waals surface area (Å²) in [6.45, 7) is 2.07. The van der Waals surface area contributed by atoms with Gasteiger partial charge >= 0.3 is 0 Å². The molecule has 3 aromatic carbocycles. The van der Waals surface area contributed by atoms with Crippen LogP contribution in [0.1, 0.15) is 35.4 Å². The summed E-state index contributed by atoms with van der Waals surface area (Å²) in [6, 6.07) is 30.0. The van der Waals surface area contributed by atoms with Crippen LogP contribution in [0.2, 0.25) is 0 Å². The Morgan fingerprint density at radius 3 is 2.16 bits per heavy atom. The summed E-state index contributed by atoms with van der Waals surface area (Å²) in [4.78, 5) is 28.0. The highest BCUT2D eigenvalue weighted by Crippen LogP contribution is 2.27. The van der Waals surface area contributed by atoms with E-state index in [9.17, 15) is 9.59 Å². The van der Waals surface area contributed by atoms with Gasteiger partial charge in [-0.2, -0.15) is 0 Å². The average Bonchev–Trinajstić information content (AvgIpc) is 3.09. The minimum atomic E-state index is -0.374. The van der Waals surface area contributed by atoms with Crippen LogP contribution in [-0.4, -0.2) is 55.0 Å². The molecular formula is C31H36N4O2. The van der Waals surface area contributed by atoms with Crippen LogP contribution in [0.3, 0.4) is 0 Å². The molecular weight excluding hydrogens is 460 g/mol. The number of benzene rings is 3. The zero-order valence-electron chi connectivity index (χ0n) is 21.1. The highest BCUT2D eigenvalue weighted by atomic mass is 16.2. The fourth-order valence-electron chi connectivity index (χ4n) is 4.81. The van der Waals surface area contributed by atoms with Crippen LogP contribution in [-0.2, 0) is 9.59 Å². The summed E-state index contributed by atoms with van der Waals surface area (Å²) < 4.78 is 0. The van der Waals surface area contributed by atoms with E-state index in [0.29, 0.717) is 32.6 Å². The number of carbonyl (C=O) groups is 2. The highest BCUT2D eigenvalue weighted by molar-refractivity contribution is 5.91. The number of hydrogen-bond donors (Lipinski definition) is 3. The van der Waals surface area contributed by atoms with Crippen LogP contribution in [0, 0.1) is 0 Å².